The molecule has 0 spiro atoms. The van der Waals surface area contributed by atoms with Gasteiger partial charge in [-0.05, 0) is 29.9 Å². The van der Waals surface area contributed by atoms with Crippen molar-refractivity contribution in [1.82, 2.24) is 0 Å². The van der Waals surface area contributed by atoms with Gasteiger partial charge in [0.1, 0.15) is 0 Å². The Morgan fingerprint density at radius 2 is 2.05 bits per heavy atom. The molecule has 0 saturated heterocycles. The topological polar surface area (TPSA) is 66.4 Å². The Morgan fingerprint density at radius 3 is 2.65 bits per heavy atom. The minimum absolute atomic E-state index is 0.000356. The van der Waals surface area contributed by atoms with Gasteiger partial charge in [0.2, 0.25) is 5.91 Å². The molecule has 4 heteroatoms. The first-order chi connectivity index (χ1) is 9.40. The second kappa shape index (κ2) is 5.65. The largest absolute Gasteiger partial charge is 0.481 e. The number of amides is 1. The lowest BCUT2D eigenvalue weighted by Crippen LogP contribution is -2.31. The monoisotopic (exact) mass is 275 g/mol. The van der Waals surface area contributed by atoms with Crippen molar-refractivity contribution in [2.45, 2.75) is 39.5 Å². The van der Waals surface area contributed by atoms with Crippen LogP contribution in [0.25, 0.3) is 0 Å². The summed E-state index contributed by atoms with van der Waals surface area (Å²) in [6.45, 7) is 4.24. The summed E-state index contributed by atoms with van der Waals surface area (Å²) >= 11 is 0. The molecule has 1 aromatic rings. The number of carbonyl (C=O) groups excluding carboxylic acids is 1. The smallest absolute Gasteiger partial charge is 0.307 e. The van der Waals surface area contributed by atoms with Crippen molar-refractivity contribution >= 4 is 17.6 Å². The number of hydrogen-bond acceptors (Lipinski definition) is 2. The molecule has 2 N–H and O–H groups in total. The van der Waals surface area contributed by atoms with Crippen LogP contribution >= 0.6 is 0 Å². The maximum atomic E-state index is 12.4. The molecule has 1 amide bonds. The zero-order valence-electron chi connectivity index (χ0n) is 12.0. The molecule has 1 aromatic carbocycles. The van der Waals surface area contributed by atoms with E-state index in [4.69, 9.17) is 5.11 Å². The Bertz CT molecular complexity index is 522. The quantitative estimate of drug-likeness (QED) is 0.887. The number of benzene rings is 1. The molecule has 1 atom stereocenters. The molecule has 0 aromatic heterocycles. The molecule has 1 aliphatic carbocycles. The molecule has 1 saturated carbocycles. The highest BCUT2D eigenvalue weighted by Crippen LogP contribution is 2.43. The molecule has 108 valence electrons. The van der Waals surface area contributed by atoms with Crippen molar-refractivity contribution < 1.29 is 14.7 Å². The predicted molar refractivity (Wildman–Crippen MR) is 77.5 cm³/mol. The van der Waals surface area contributed by atoms with E-state index >= 15 is 0 Å². The molecule has 4 nitrogen and oxygen atoms in total. The van der Waals surface area contributed by atoms with Gasteiger partial charge in [-0.25, -0.2) is 0 Å². The minimum atomic E-state index is -0.895. The summed E-state index contributed by atoms with van der Waals surface area (Å²) in [5.74, 6) is -0.890. The predicted octanol–water partition coefficient (Wildman–Crippen LogP) is 3.08. The fraction of sp³-hybridized carbons (Fsp3) is 0.500. The number of rotatable bonds is 4. The summed E-state index contributed by atoms with van der Waals surface area (Å²) in [5.41, 5.74) is 1.28. The molecule has 1 unspecified atom stereocenters. The Kier molecular flexibility index (Phi) is 4.12. The standard InChI is InChI=1S/C16H21NO3/c1-16(2)9-5-7-12(16)15(20)17-13-8-4-3-6-11(13)10-14(18)19/h3-4,6,8,12H,5,7,9-10H2,1-2H3,(H,17,20)(H,18,19). The normalized spacial score (nSPS) is 20.6. The van der Waals surface area contributed by atoms with Gasteiger partial charge in [0.05, 0.1) is 6.42 Å². The number of hydrogen-bond donors (Lipinski definition) is 2. The summed E-state index contributed by atoms with van der Waals surface area (Å²) in [6.07, 6.45) is 2.95. The van der Waals surface area contributed by atoms with Crippen LogP contribution in [0.3, 0.4) is 0 Å². The van der Waals surface area contributed by atoms with E-state index in [2.05, 4.69) is 19.2 Å². The Hall–Kier alpha value is -1.84. The fourth-order valence-electron chi connectivity index (χ4n) is 2.99. The van der Waals surface area contributed by atoms with Crippen LogP contribution in [0, 0.1) is 11.3 Å². The van der Waals surface area contributed by atoms with Crippen LogP contribution < -0.4 is 5.32 Å². The SMILES string of the molecule is CC1(C)CCCC1C(=O)Nc1ccccc1CC(=O)O. The van der Waals surface area contributed by atoms with Gasteiger partial charge in [-0.3, -0.25) is 9.59 Å². The van der Waals surface area contributed by atoms with Crippen LogP contribution in [0.2, 0.25) is 0 Å². The Balaban J connectivity index is 2.14. The lowest BCUT2D eigenvalue weighted by atomic mass is 9.81. The third kappa shape index (κ3) is 3.18. The van der Waals surface area contributed by atoms with Crippen LogP contribution in [-0.2, 0) is 16.0 Å². The highest BCUT2D eigenvalue weighted by molar-refractivity contribution is 5.94. The third-order valence-electron chi connectivity index (χ3n) is 4.19. The van der Waals surface area contributed by atoms with E-state index < -0.39 is 5.97 Å². The summed E-state index contributed by atoms with van der Waals surface area (Å²) in [7, 11) is 0. The zero-order valence-corrected chi connectivity index (χ0v) is 12.0. The van der Waals surface area contributed by atoms with E-state index in [1.54, 1.807) is 24.3 Å². The molecule has 2 rings (SSSR count). The lowest BCUT2D eigenvalue weighted by molar-refractivity contribution is -0.136. The molecule has 1 fully saturated rings. The van der Waals surface area contributed by atoms with E-state index in [0.29, 0.717) is 11.3 Å². The van der Waals surface area contributed by atoms with E-state index in [1.807, 2.05) is 0 Å². The molecule has 0 aliphatic heterocycles. The Labute approximate surface area is 119 Å². The summed E-state index contributed by atoms with van der Waals surface area (Å²) in [5, 5.41) is 11.8. The van der Waals surface area contributed by atoms with Gasteiger partial charge < -0.3 is 10.4 Å². The minimum Gasteiger partial charge on any atom is -0.481 e. The number of anilines is 1. The van der Waals surface area contributed by atoms with Gasteiger partial charge in [0, 0.05) is 11.6 Å². The number of carbonyl (C=O) groups is 2. The van der Waals surface area contributed by atoms with Crippen LogP contribution in [-0.4, -0.2) is 17.0 Å². The molecule has 0 heterocycles. The average Bonchev–Trinajstić information content (AvgIpc) is 2.71. The third-order valence-corrected chi connectivity index (χ3v) is 4.19. The van der Waals surface area contributed by atoms with Crippen molar-refractivity contribution in [1.29, 1.82) is 0 Å². The van der Waals surface area contributed by atoms with Gasteiger partial charge in [0.15, 0.2) is 0 Å². The number of carboxylic acids is 1. The number of para-hydroxylation sites is 1. The second-order valence-electron chi connectivity index (χ2n) is 6.15. The van der Waals surface area contributed by atoms with E-state index in [0.717, 1.165) is 19.3 Å². The fourth-order valence-corrected chi connectivity index (χ4v) is 2.99. The number of nitrogens with one attached hydrogen (secondary N) is 1. The first kappa shape index (κ1) is 14.6. The maximum absolute atomic E-state index is 12.4. The van der Waals surface area contributed by atoms with Gasteiger partial charge in [-0.15, -0.1) is 0 Å². The average molecular weight is 275 g/mol. The lowest BCUT2D eigenvalue weighted by Gasteiger charge is -2.26. The summed E-state index contributed by atoms with van der Waals surface area (Å²) in [4.78, 5) is 23.3. The van der Waals surface area contributed by atoms with Crippen molar-refractivity contribution in [3.05, 3.63) is 29.8 Å². The van der Waals surface area contributed by atoms with E-state index in [-0.39, 0.29) is 23.7 Å². The van der Waals surface area contributed by atoms with E-state index in [1.165, 1.54) is 0 Å². The van der Waals surface area contributed by atoms with Crippen LogP contribution in [0.1, 0.15) is 38.7 Å². The molecular formula is C16H21NO3. The van der Waals surface area contributed by atoms with Crippen LogP contribution in [0.5, 0.6) is 0 Å². The Morgan fingerprint density at radius 1 is 1.35 bits per heavy atom. The molecular weight excluding hydrogens is 254 g/mol. The number of carboxylic acid groups (broad SMARTS) is 1. The maximum Gasteiger partial charge on any atom is 0.307 e. The van der Waals surface area contributed by atoms with Crippen molar-refractivity contribution in [2.75, 3.05) is 5.32 Å². The van der Waals surface area contributed by atoms with Crippen molar-refractivity contribution in [3.63, 3.8) is 0 Å². The summed E-state index contributed by atoms with van der Waals surface area (Å²) < 4.78 is 0. The van der Waals surface area contributed by atoms with Gasteiger partial charge in [0.25, 0.3) is 0 Å². The zero-order chi connectivity index (χ0) is 14.8. The first-order valence-electron chi connectivity index (χ1n) is 7.01. The molecule has 0 radical (unpaired) electrons. The van der Waals surface area contributed by atoms with Crippen LogP contribution in [0.4, 0.5) is 5.69 Å². The summed E-state index contributed by atoms with van der Waals surface area (Å²) in [6, 6.07) is 7.09. The first-order valence-corrected chi connectivity index (χ1v) is 7.01. The highest BCUT2D eigenvalue weighted by Gasteiger charge is 2.39. The molecule has 20 heavy (non-hydrogen) atoms. The van der Waals surface area contributed by atoms with Crippen molar-refractivity contribution in [3.8, 4) is 0 Å². The molecule has 1 aliphatic rings. The van der Waals surface area contributed by atoms with Gasteiger partial charge in [-0.2, -0.15) is 0 Å². The van der Waals surface area contributed by atoms with Crippen LogP contribution in [0.15, 0.2) is 24.3 Å². The van der Waals surface area contributed by atoms with Gasteiger partial charge in [-0.1, -0.05) is 38.5 Å². The van der Waals surface area contributed by atoms with Gasteiger partial charge >= 0.3 is 5.97 Å². The van der Waals surface area contributed by atoms with E-state index in [9.17, 15) is 9.59 Å². The highest BCUT2D eigenvalue weighted by atomic mass is 16.4. The number of aliphatic carboxylic acids is 1. The van der Waals surface area contributed by atoms with Crippen molar-refractivity contribution in [2.24, 2.45) is 11.3 Å². The molecule has 0 bridgehead atoms. The second-order valence-corrected chi connectivity index (χ2v) is 6.15.